The minimum absolute atomic E-state index is 0. The third-order valence-corrected chi connectivity index (χ3v) is 3.44. The highest BCUT2D eigenvalue weighted by Crippen LogP contribution is 2.16. The number of nitrogens with zero attached hydrogens (tertiary/aromatic N) is 1. The summed E-state index contributed by atoms with van der Waals surface area (Å²) in [5.41, 5.74) is 5.81. The van der Waals surface area contributed by atoms with Crippen molar-refractivity contribution in [2.75, 3.05) is 33.4 Å². The van der Waals surface area contributed by atoms with Crippen LogP contribution in [0.1, 0.15) is 19.3 Å². The first-order valence-electron chi connectivity index (χ1n) is 7.70. The van der Waals surface area contributed by atoms with Crippen LogP contribution in [0.15, 0.2) is 29.3 Å². The highest BCUT2D eigenvalue weighted by atomic mass is 127. The van der Waals surface area contributed by atoms with Crippen molar-refractivity contribution < 1.29 is 14.2 Å². The van der Waals surface area contributed by atoms with Crippen LogP contribution in [0.4, 0.5) is 0 Å². The molecule has 0 amide bonds. The van der Waals surface area contributed by atoms with Crippen LogP contribution in [-0.4, -0.2) is 45.5 Å². The number of hydrogen-bond donors (Lipinski definition) is 2. The third-order valence-electron chi connectivity index (χ3n) is 3.44. The molecule has 1 unspecified atom stereocenters. The number of hydrogen-bond acceptors (Lipinski definition) is 4. The highest BCUT2D eigenvalue weighted by molar-refractivity contribution is 14.0. The second kappa shape index (κ2) is 11.3. The SMILES string of the molecule is COc1ccc(OCCCNC(N)=NCC2CCCO2)cc1.I. The van der Waals surface area contributed by atoms with E-state index in [1.807, 2.05) is 24.3 Å². The summed E-state index contributed by atoms with van der Waals surface area (Å²) in [5, 5.41) is 3.08. The average molecular weight is 435 g/mol. The zero-order chi connectivity index (χ0) is 15.6. The molecular weight excluding hydrogens is 409 g/mol. The number of rotatable bonds is 8. The molecule has 0 bridgehead atoms. The first-order valence-corrected chi connectivity index (χ1v) is 7.70. The summed E-state index contributed by atoms with van der Waals surface area (Å²) in [6, 6.07) is 7.54. The van der Waals surface area contributed by atoms with Crippen molar-refractivity contribution in [3.63, 3.8) is 0 Å². The van der Waals surface area contributed by atoms with Crippen LogP contribution in [0.5, 0.6) is 11.5 Å². The molecule has 7 heteroatoms. The van der Waals surface area contributed by atoms with E-state index in [2.05, 4.69) is 10.3 Å². The van der Waals surface area contributed by atoms with Crippen molar-refractivity contribution >= 4 is 29.9 Å². The lowest BCUT2D eigenvalue weighted by Crippen LogP contribution is -2.33. The molecule has 1 aliphatic heterocycles. The normalized spacial score (nSPS) is 17.4. The Balaban J connectivity index is 0.00000264. The number of nitrogens with two attached hydrogens (primary N) is 1. The predicted molar refractivity (Wildman–Crippen MR) is 102 cm³/mol. The van der Waals surface area contributed by atoms with Gasteiger partial charge in [0.25, 0.3) is 0 Å². The molecule has 1 fully saturated rings. The molecule has 1 aliphatic rings. The lowest BCUT2D eigenvalue weighted by Gasteiger charge is -2.09. The first kappa shape index (κ1) is 19.8. The fraction of sp³-hybridized carbons (Fsp3) is 0.562. The minimum Gasteiger partial charge on any atom is -0.497 e. The molecule has 1 atom stereocenters. The third kappa shape index (κ3) is 7.74. The highest BCUT2D eigenvalue weighted by Gasteiger charge is 2.14. The summed E-state index contributed by atoms with van der Waals surface area (Å²) in [6.07, 6.45) is 3.28. The Morgan fingerprint density at radius 2 is 2.09 bits per heavy atom. The van der Waals surface area contributed by atoms with E-state index in [0.29, 0.717) is 19.1 Å². The van der Waals surface area contributed by atoms with Crippen LogP contribution in [-0.2, 0) is 4.74 Å². The lowest BCUT2D eigenvalue weighted by atomic mass is 10.2. The molecule has 0 spiro atoms. The van der Waals surface area contributed by atoms with E-state index < -0.39 is 0 Å². The smallest absolute Gasteiger partial charge is 0.188 e. The molecule has 2 rings (SSSR count). The Morgan fingerprint density at radius 3 is 2.74 bits per heavy atom. The Hall–Kier alpha value is -1.22. The largest absolute Gasteiger partial charge is 0.497 e. The van der Waals surface area contributed by atoms with Crippen molar-refractivity contribution in [3.8, 4) is 11.5 Å². The number of methoxy groups -OCH3 is 1. The number of ether oxygens (including phenoxy) is 3. The molecule has 1 aromatic rings. The molecule has 1 heterocycles. The maximum absolute atomic E-state index is 5.81. The summed E-state index contributed by atoms with van der Waals surface area (Å²) in [7, 11) is 1.65. The summed E-state index contributed by atoms with van der Waals surface area (Å²) in [5.74, 6) is 2.13. The Kier molecular flexibility index (Phi) is 9.77. The van der Waals surface area contributed by atoms with Crippen LogP contribution in [0.2, 0.25) is 0 Å². The lowest BCUT2D eigenvalue weighted by molar-refractivity contribution is 0.118. The monoisotopic (exact) mass is 435 g/mol. The van der Waals surface area contributed by atoms with Gasteiger partial charge in [0.1, 0.15) is 11.5 Å². The molecule has 1 saturated heterocycles. The molecule has 0 aromatic heterocycles. The molecule has 0 saturated carbocycles. The number of benzene rings is 1. The molecule has 0 aliphatic carbocycles. The van der Waals surface area contributed by atoms with Gasteiger partial charge in [0.15, 0.2) is 5.96 Å². The van der Waals surface area contributed by atoms with Gasteiger partial charge in [-0.2, -0.15) is 0 Å². The van der Waals surface area contributed by atoms with E-state index >= 15 is 0 Å². The maximum atomic E-state index is 5.81. The topological polar surface area (TPSA) is 78.1 Å². The van der Waals surface area contributed by atoms with Gasteiger partial charge in [0.2, 0.25) is 0 Å². The number of halogens is 1. The number of nitrogens with one attached hydrogen (secondary N) is 1. The molecule has 6 nitrogen and oxygen atoms in total. The second-order valence-electron chi connectivity index (χ2n) is 5.17. The summed E-state index contributed by atoms with van der Waals surface area (Å²) >= 11 is 0. The van der Waals surface area contributed by atoms with Gasteiger partial charge in [-0.05, 0) is 43.5 Å². The Bertz CT molecular complexity index is 462. The molecule has 130 valence electrons. The first-order chi connectivity index (χ1) is 10.8. The predicted octanol–water partition coefficient (Wildman–Crippen LogP) is 2.17. The second-order valence-corrected chi connectivity index (χ2v) is 5.17. The molecule has 23 heavy (non-hydrogen) atoms. The minimum atomic E-state index is 0. The molecule has 3 N–H and O–H groups in total. The van der Waals surface area contributed by atoms with E-state index in [1.165, 1.54) is 0 Å². The van der Waals surface area contributed by atoms with Crippen LogP contribution in [0.25, 0.3) is 0 Å². The van der Waals surface area contributed by atoms with Gasteiger partial charge in [-0.1, -0.05) is 0 Å². The van der Waals surface area contributed by atoms with Crippen LogP contribution in [0.3, 0.4) is 0 Å². The zero-order valence-electron chi connectivity index (χ0n) is 13.5. The average Bonchev–Trinajstić information content (AvgIpc) is 3.06. The fourth-order valence-corrected chi connectivity index (χ4v) is 2.19. The van der Waals surface area contributed by atoms with Crippen molar-refractivity contribution in [2.24, 2.45) is 10.7 Å². The fourth-order valence-electron chi connectivity index (χ4n) is 2.19. The summed E-state index contributed by atoms with van der Waals surface area (Å²) in [4.78, 5) is 4.28. The van der Waals surface area contributed by atoms with Gasteiger partial charge >= 0.3 is 0 Å². The van der Waals surface area contributed by atoms with E-state index in [4.69, 9.17) is 19.9 Å². The van der Waals surface area contributed by atoms with Crippen LogP contribution < -0.4 is 20.5 Å². The van der Waals surface area contributed by atoms with Crippen molar-refractivity contribution in [3.05, 3.63) is 24.3 Å². The number of guanidine groups is 1. The van der Waals surface area contributed by atoms with Crippen molar-refractivity contribution in [1.82, 2.24) is 5.32 Å². The standard InChI is InChI=1S/C16H25N3O3.HI/c1-20-13-5-7-14(8-6-13)21-11-3-9-18-16(17)19-12-15-4-2-10-22-15;/h5-8,15H,2-4,9-12H2,1H3,(H3,17,18,19);1H. The van der Waals surface area contributed by atoms with Gasteiger partial charge in [-0.25, -0.2) is 0 Å². The van der Waals surface area contributed by atoms with Crippen LogP contribution in [0, 0.1) is 0 Å². The van der Waals surface area contributed by atoms with Gasteiger partial charge in [0.05, 0.1) is 26.4 Å². The Morgan fingerprint density at radius 1 is 1.35 bits per heavy atom. The quantitative estimate of drug-likeness (QED) is 0.283. The number of aliphatic imine (C=N–C) groups is 1. The van der Waals surface area contributed by atoms with Gasteiger partial charge in [-0.3, -0.25) is 4.99 Å². The zero-order valence-corrected chi connectivity index (χ0v) is 15.8. The van der Waals surface area contributed by atoms with Crippen molar-refractivity contribution in [1.29, 1.82) is 0 Å². The van der Waals surface area contributed by atoms with Crippen molar-refractivity contribution in [2.45, 2.75) is 25.4 Å². The van der Waals surface area contributed by atoms with E-state index in [1.54, 1.807) is 7.11 Å². The summed E-state index contributed by atoms with van der Waals surface area (Å²) < 4.78 is 16.2. The Labute approximate surface area is 154 Å². The van der Waals surface area contributed by atoms with E-state index in [-0.39, 0.29) is 30.1 Å². The van der Waals surface area contributed by atoms with Gasteiger partial charge in [-0.15, -0.1) is 24.0 Å². The van der Waals surface area contributed by atoms with E-state index in [0.717, 1.165) is 43.9 Å². The molecular formula is C16H26IN3O3. The maximum Gasteiger partial charge on any atom is 0.188 e. The molecule has 0 radical (unpaired) electrons. The van der Waals surface area contributed by atoms with E-state index in [9.17, 15) is 0 Å². The van der Waals surface area contributed by atoms with Crippen LogP contribution >= 0.6 is 24.0 Å². The molecule has 1 aromatic carbocycles. The van der Waals surface area contributed by atoms with Gasteiger partial charge in [0, 0.05) is 13.2 Å². The van der Waals surface area contributed by atoms with Gasteiger partial charge < -0.3 is 25.3 Å². The summed E-state index contributed by atoms with van der Waals surface area (Å²) in [6.45, 7) is 2.84.